The van der Waals surface area contributed by atoms with Crippen molar-refractivity contribution in [3.63, 3.8) is 0 Å². The van der Waals surface area contributed by atoms with E-state index in [2.05, 4.69) is 20.6 Å². The number of imidazole rings is 1. The van der Waals surface area contributed by atoms with E-state index in [1.807, 2.05) is 4.57 Å². The molecule has 3 atom stereocenters. The molecule has 3 amide bonds. The first-order chi connectivity index (χ1) is 18.9. The molecular formula is C26H36N8O5. The van der Waals surface area contributed by atoms with E-state index in [1.54, 1.807) is 11.2 Å². The summed E-state index contributed by atoms with van der Waals surface area (Å²) in [6, 6.07) is 0.228. The average Bonchev–Trinajstić information content (AvgIpc) is 3.29. The van der Waals surface area contributed by atoms with Crippen LogP contribution in [0.4, 0.5) is 10.6 Å². The van der Waals surface area contributed by atoms with Gasteiger partial charge in [0.25, 0.3) is 0 Å². The quantitative estimate of drug-likeness (QED) is 0.449. The lowest BCUT2D eigenvalue weighted by Crippen LogP contribution is -2.40. The molecule has 4 fully saturated rings. The largest absolute Gasteiger partial charge is 0.447 e. The minimum absolute atomic E-state index is 0.0138. The highest BCUT2D eigenvalue weighted by atomic mass is 16.6. The Morgan fingerprint density at radius 1 is 1.13 bits per heavy atom. The number of likely N-dealkylation sites (tertiary alicyclic amines) is 1. The number of aromatic nitrogens is 4. The fourth-order valence-corrected chi connectivity index (χ4v) is 5.65. The highest BCUT2D eigenvalue weighted by Gasteiger charge is 2.35. The van der Waals surface area contributed by atoms with E-state index in [9.17, 15) is 14.4 Å². The molecule has 13 heteroatoms. The number of amides is 3. The van der Waals surface area contributed by atoms with E-state index in [4.69, 9.17) is 20.2 Å². The van der Waals surface area contributed by atoms with Gasteiger partial charge in [-0.2, -0.15) is 0 Å². The van der Waals surface area contributed by atoms with Gasteiger partial charge in [-0.1, -0.05) is 0 Å². The van der Waals surface area contributed by atoms with Crippen LogP contribution in [0, 0.1) is 5.92 Å². The van der Waals surface area contributed by atoms with Crippen molar-refractivity contribution in [3.05, 3.63) is 12.2 Å². The van der Waals surface area contributed by atoms with Crippen molar-refractivity contribution in [2.75, 3.05) is 25.4 Å². The van der Waals surface area contributed by atoms with E-state index in [0.29, 0.717) is 80.0 Å². The SMILES string of the molecule is Nc1nc(CCC2CCN(C(=O)OCC3CCC(=O)N3)CC2)nc2c1ncn2[C@H]1CC[C@@H](C(=O)NC2CC2)O1. The fraction of sp³-hybridized carbons (Fsp3) is 0.692. The maximum atomic E-state index is 12.4. The van der Waals surface area contributed by atoms with Crippen molar-refractivity contribution in [1.29, 1.82) is 0 Å². The van der Waals surface area contributed by atoms with Gasteiger partial charge in [0.15, 0.2) is 11.5 Å². The lowest BCUT2D eigenvalue weighted by Gasteiger charge is -2.31. The van der Waals surface area contributed by atoms with Crippen LogP contribution in [-0.4, -0.2) is 80.2 Å². The number of anilines is 1. The number of nitrogens with two attached hydrogens (primary N) is 1. The van der Waals surface area contributed by atoms with Gasteiger partial charge in [-0.05, 0) is 57.3 Å². The summed E-state index contributed by atoms with van der Waals surface area (Å²) in [6.45, 7) is 1.51. The first-order valence-corrected chi connectivity index (χ1v) is 14.1. The summed E-state index contributed by atoms with van der Waals surface area (Å²) in [4.78, 5) is 51.6. The van der Waals surface area contributed by atoms with Crippen LogP contribution in [0.15, 0.2) is 6.33 Å². The molecule has 3 saturated heterocycles. The van der Waals surface area contributed by atoms with Crippen LogP contribution in [0.1, 0.15) is 69.8 Å². The van der Waals surface area contributed by atoms with Gasteiger partial charge in [0.05, 0.1) is 12.4 Å². The molecule has 39 heavy (non-hydrogen) atoms. The summed E-state index contributed by atoms with van der Waals surface area (Å²) in [6.07, 6.45) is 8.53. The van der Waals surface area contributed by atoms with Crippen LogP contribution in [0.2, 0.25) is 0 Å². The molecule has 2 aromatic rings. The number of nitrogen functional groups attached to an aromatic ring is 1. The van der Waals surface area contributed by atoms with Crippen LogP contribution in [0.5, 0.6) is 0 Å². The van der Waals surface area contributed by atoms with Crippen LogP contribution in [-0.2, 0) is 25.5 Å². The second kappa shape index (κ2) is 10.9. The zero-order valence-corrected chi connectivity index (χ0v) is 22.0. The van der Waals surface area contributed by atoms with Gasteiger partial charge in [0.2, 0.25) is 11.8 Å². The summed E-state index contributed by atoms with van der Waals surface area (Å²) in [5.74, 6) is 1.41. The van der Waals surface area contributed by atoms with Gasteiger partial charge in [0, 0.05) is 32.0 Å². The molecule has 2 aromatic heterocycles. The molecule has 1 saturated carbocycles. The first kappa shape index (κ1) is 25.8. The van der Waals surface area contributed by atoms with Gasteiger partial charge >= 0.3 is 6.09 Å². The Morgan fingerprint density at radius 2 is 1.95 bits per heavy atom. The molecule has 0 spiro atoms. The summed E-state index contributed by atoms with van der Waals surface area (Å²) in [5.41, 5.74) is 7.40. The standard InChI is InChI=1S/C26H36N8O5/c27-23-22-24(34(14-28-22)21-8-5-18(39-21)25(36)30-16-2-3-16)32-19(31-23)6-1-15-9-11-33(12-10-15)26(37)38-13-17-4-7-20(35)29-17/h14-18,21H,1-13H2,(H,29,35)(H,30,36)(H2,27,31,32)/t17?,18-,21+/m0/s1. The van der Waals surface area contributed by atoms with E-state index in [1.165, 1.54) is 0 Å². The van der Waals surface area contributed by atoms with Crippen LogP contribution < -0.4 is 16.4 Å². The van der Waals surface area contributed by atoms with E-state index in [0.717, 1.165) is 32.1 Å². The van der Waals surface area contributed by atoms with Gasteiger partial charge in [-0.25, -0.2) is 19.7 Å². The number of rotatable bonds is 8. The Labute approximate surface area is 226 Å². The molecule has 0 radical (unpaired) electrons. The van der Waals surface area contributed by atoms with Crippen molar-refractivity contribution in [1.82, 2.24) is 35.1 Å². The monoisotopic (exact) mass is 540 g/mol. The maximum absolute atomic E-state index is 12.4. The number of nitrogens with zero attached hydrogens (tertiary/aromatic N) is 5. The van der Waals surface area contributed by atoms with Crippen LogP contribution in [0.25, 0.3) is 11.2 Å². The van der Waals surface area contributed by atoms with Gasteiger partial charge in [-0.15, -0.1) is 0 Å². The molecule has 210 valence electrons. The van der Waals surface area contributed by atoms with E-state index >= 15 is 0 Å². The molecular weight excluding hydrogens is 504 g/mol. The number of nitrogens with one attached hydrogen (secondary N) is 2. The Bertz CT molecular complexity index is 1240. The summed E-state index contributed by atoms with van der Waals surface area (Å²) in [5, 5.41) is 5.83. The second-order valence-electron chi connectivity index (χ2n) is 11.1. The van der Waals surface area contributed by atoms with E-state index in [-0.39, 0.29) is 36.8 Å². The molecule has 1 unspecified atom stereocenters. The molecule has 4 aliphatic rings. The molecule has 3 aliphatic heterocycles. The Hall–Kier alpha value is -3.48. The predicted octanol–water partition coefficient (Wildman–Crippen LogP) is 1.42. The zero-order valence-electron chi connectivity index (χ0n) is 22.0. The third kappa shape index (κ3) is 5.92. The normalized spacial score (nSPS) is 25.7. The number of hydrogen-bond acceptors (Lipinski definition) is 9. The van der Waals surface area contributed by atoms with Crippen LogP contribution in [0.3, 0.4) is 0 Å². The second-order valence-corrected chi connectivity index (χ2v) is 11.1. The number of piperidine rings is 1. The molecule has 0 aromatic carbocycles. The number of hydrogen-bond donors (Lipinski definition) is 3. The number of ether oxygens (including phenoxy) is 2. The molecule has 1 aliphatic carbocycles. The topological polar surface area (TPSA) is 167 Å². The lowest BCUT2D eigenvalue weighted by atomic mass is 9.92. The molecule has 4 N–H and O–H groups in total. The number of aryl methyl sites for hydroxylation is 1. The number of carbonyl (C=O) groups excluding carboxylic acids is 3. The molecule has 0 bridgehead atoms. The zero-order chi connectivity index (χ0) is 26.9. The van der Waals surface area contributed by atoms with Gasteiger partial charge in [-0.3, -0.25) is 14.2 Å². The summed E-state index contributed by atoms with van der Waals surface area (Å²) >= 11 is 0. The van der Waals surface area contributed by atoms with Crippen LogP contribution >= 0.6 is 0 Å². The Kier molecular flexibility index (Phi) is 7.24. The first-order valence-electron chi connectivity index (χ1n) is 14.1. The highest BCUT2D eigenvalue weighted by molar-refractivity contribution is 5.82. The third-order valence-corrected chi connectivity index (χ3v) is 8.16. The van der Waals surface area contributed by atoms with Crippen molar-refractivity contribution < 1.29 is 23.9 Å². The summed E-state index contributed by atoms with van der Waals surface area (Å²) in [7, 11) is 0. The third-order valence-electron chi connectivity index (χ3n) is 8.16. The fourth-order valence-electron chi connectivity index (χ4n) is 5.65. The van der Waals surface area contributed by atoms with Crippen molar-refractivity contribution in [2.45, 2.75) is 88.6 Å². The molecule has 5 heterocycles. The Balaban J connectivity index is 1.00. The Morgan fingerprint density at radius 3 is 2.69 bits per heavy atom. The highest BCUT2D eigenvalue weighted by Crippen LogP contribution is 2.32. The van der Waals surface area contributed by atoms with Crippen molar-refractivity contribution in [3.8, 4) is 0 Å². The van der Waals surface area contributed by atoms with Crippen molar-refractivity contribution in [2.24, 2.45) is 5.92 Å². The minimum atomic E-state index is -0.460. The average molecular weight is 541 g/mol. The predicted molar refractivity (Wildman–Crippen MR) is 139 cm³/mol. The molecule has 6 rings (SSSR count). The van der Waals surface area contributed by atoms with Crippen molar-refractivity contribution >= 4 is 34.9 Å². The number of fused-ring (bicyclic) bond motifs is 1. The minimum Gasteiger partial charge on any atom is -0.447 e. The summed E-state index contributed by atoms with van der Waals surface area (Å²) < 4.78 is 13.3. The van der Waals surface area contributed by atoms with Gasteiger partial charge < -0.3 is 30.7 Å². The smallest absolute Gasteiger partial charge is 0.409 e. The number of carbonyl (C=O) groups is 3. The molecule has 13 nitrogen and oxygen atoms in total. The maximum Gasteiger partial charge on any atom is 0.409 e. The lowest BCUT2D eigenvalue weighted by molar-refractivity contribution is -0.134. The van der Waals surface area contributed by atoms with Gasteiger partial charge in [0.1, 0.15) is 30.3 Å². The van der Waals surface area contributed by atoms with E-state index < -0.39 is 6.10 Å².